The Bertz CT molecular complexity index is 617. The van der Waals surface area contributed by atoms with Crippen LogP contribution in [0.2, 0.25) is 0 Å². The number of hydrogen-bond acceptors (Lipinski definition) is 5. The van der Waals surface area contributed by atoms with Gasteiger partial charge in [-0.25, -0.2) is 4.79 Å². The number of aromatic nitrogens is 4. The van der Waals surface area contributed by atoms with Crippen molar-refractivity contribution in [1.29, 1.82) is 0 Å². The second-order valence-electron chi connectivity index (χ2n) is 3.68. The zero-order valence-electron chi connectivity index (χ0n) is 9.69. The molecule has 0 aromatic carbocycles. The van der Waals surface area contributed by atoms with Gasteiger partial charge in [0, 0.05) is 12.6 Å². The molecule has 0 bridgehead atoms. The molecule has 0 fully saturated rings. The molecule has 7 heteroatoms. The first-order valence-corrected chi connectivity index (χ1v) is 5.81. The molecule has 0 N–H and O–H groups in total. The highest BCUT2D eigenvalue weighted by atomic mass is 79.9. The second-order valence-corrected chi connectivity index (χ2v) is 4.47. The highest BCUT2D eigenvalue weighted by Gasteiger charge is 2.12. The van der Waals surface area contributed by atoms with E-state index in [0.29, 0.717) is 17.5 Å². The SMILES string of the molecule is Cc1nnc(Cn2c(C)c(Br)c(C)nc2=O)o1. The van der Waals surface area contributed by atoms with Crippen LogP contribution in [0.3, 0.4) is 0 Å². The van der Waals surface area contributed by atoms with E-state index in [4.69, 9.17) is 4.42 Å². The molecule has 0 aliphatic heterocycles. The van der Waals surface area contributed by atoms with Gasteiger partial charge in [-0.05, 0) is 29.8 Å². The molecule has 0 aliphatic carbocycles. The summed E-state index contributed by atoms with van der Waals surface area (Å²) in [6.07, 6.45) is 0. The van der Waals surface area contributed by atoms with Gasteiger partial charge in [0.2, 0.25) is 11.8 Å². The van der Waals surface area contributed by atoms with E-state index in [9.17, 15) is 4.79 Å². The zero-order valence-corrected chi connectivity index (χ0v) is 11.3. The van der Waals surface area contributed by atoms with Crippen LogP contribution in [0.5, 0.6) is 0 Å². The van der Waals surface area contributed by atoms with Crippen molar-refractivity contribution in [1.82, 2.24) is 19.7 Å². The van der Waals surface area contributed by atoms with Gasteiger partial charge in [-0.15, -0.1) is 10.2 Å². The lowest BCUT2D eigenvalue weighted by Gasteiger charge is -2.09. The number of halogens is 1. The van der Waals surface area contributed by atoms with Gasteiger partial charge in [-0.3, -0.25) is 4.57 Å². The maximum absolute atomic E-state index is 11.8. The van der Waals surface area contributed by atoms with Gasteiger partial charge in [0.05, 0.1) is 10.2 Å². The molecule has 90 valence electrons. The minimum absolute atomic E-state index is 0.234. The van der Waals surface area contributed by atoms with Gasteiger partial charge >= 0.3 is 5.69 Å². The fraction of sp³-hybridized carbons (Fsp3) is 0.400. The standard InChI is InChI=1S/C10H11BrN4O2/c1-5-9(11)6(2)15(10(16)12-5)4-8-14-13-7(3)17-8/h4H2,1-3H3. The molecule has 2 heterocycles. The van der Waals surface area contributed by atoms with Crippen LogP contribution in [0.25, 0.3) is 0 Å². The first-order chi connectivity index (χ1) is 7.99. The quantitative estimate of drug-likeness (QED) is 0.837. The van der Waals surface area contributed by atoms with Crippen molar-refractivity contribution in [2.75, 3.05) is 0 Å². The smallest absolute Gasteiger partial charge is 0.348 e. The minimum atomic E-state index is -0.320. The number of aryl methyl sites for hydroxylation is 2. The van der Waals surface area contributed by atoms with Crippen LogP contribution >= 0.6 is 15.9 Å². The molecule has 0 saturated carbocycles. The topological polar surface area (TPSA) is 73.8 Å². The Labute approximate surface area is 106 Å². The minimum Gasteiger partial charge on any atom is -0.424 e. The maximum Gasteiger partial charge on any atom is 0.348 e. The predicted molar refractivity (Wildman–Crippen MR) is 63.8 cm³/mol. The van der Waals surface area contributed by atoms with E-state index < -0.39 is 0 Å². The fourth-order valence-corrected chi connectivity index (χ4v) is 1.80. The first kappa shape index (κ1) is 12.0. The van der Waals surface area contributed by atoms with Crippen molar-refractivity contribution < 1.29 is 4.42 Å². The monoisotopic (exact) mass is 298 g/mol. The Kier molecular flexibility index (Phi) is 3.10. The van der Waals surface area contributed by atoms with Crippen LogP contribution < -0.4 is 5.69 Å². The van der Waals surface area contributed by atoms with Crippen molar-refractivity contribution in [3.63, 3.8) is 0 Å². The van der Waals surface area contributed by atoms with Crippen molar-refractivity contribution in [2.24, 2.45) is 0 Å². The van der Waals surface area contributed by atoms with E-state index in [1.165, 1.54) is 4.57 Å². The molecule has 0 spiro atoms. The number of nitrogens with zero attached hydrogens (tertiary/aromatic N) is 4. The maximum atomic E-state index is 11.8. The van der Waals surface area contributed by atoms with E-state index in [0.717, 1.165) is 10.2 Å². The summed E-state index contributed by atoms with van der Waals surface area (Å²) in [4.78, 5) is 15.7. The Morgan fingerprint density at radius 3 is 2.59 bits per heavy atom. The highest BCUT2D eigenvalue weighted by Crippen LogP contribution is 2.17. The third-order valence-corrected chi connectivity index (χ3v) is 3.54. The fourth-order valence-electron chi connectivity index (χ4n) is 1.50. The lowest BCUT2D eigenvalue weighted by molar-refractivity contribution is 0.447. The predicted octanol–water partition coefficient (Wildman–Crippen LogP) is 1.36. The van der Waals surface area contributed by atoms with Gasteiger partial charge in [-0.1, -0.05) is 0 Å². The van der Waals surface area contributed by atoms with Gasteiger partial charge in [0.15, 0.2) is 0 Å². The van der Waals surface area contributed by atoms with Crippen molar-refractivity contribution in [3.05, 3.63) is 38.1 Å². The van der Waals surface area contributed by atoms with Crippen LogP contribution in [-0.2, 0) is 6.54 Å². The average molecular weight is 299 g/mol. The van der Waals surface area contributed by atoms with Crippen LogP contribution in [-0.4, -0.2) is 19.7 Å². The first-order valence-electron chi connectivity index (χ1n) is 5.01. The molecule has 2 aromatic heterocycles. The summed E-state index contributed by atoms with van der Waals surface area (Å²) in [5.41, 5.74) is 1.14. The molecule has 0 atom stereocenters. The van der Waals surface area contributed by atoms with E-state index in [-0.39, 0.29) is 12.2 Å². The molecular formula is C10H11BrN4O2. The summed E-state index contributed by atoms with van der Waals surface area (Å²) >= 11 is 3.39. The normalized spacial score (nSPS) is 10.8. The summed E-state index contributed by atoms with van der Waals surface area (Å²) in [5, 5.41) is 7.57. The molecule has 0 aliphatic rings. The van der Waals surface area contributed by atoms with E-state index >= 15 is 0 Å². The van der Waals surface area contributed by atoms with Crippen LogP contribution in [0.1, 0.15) is 23.2 Å². The molecular weight excluding hydrogens is 288 g/mol. The van der Waals surface area contributed by atoms with Crippen molar-refractivity contribution >= 4 is 15.9 Å². The Morgan fingerprint density at radius 1 is 1.29 bits per heavy atom. The van der Waals surface area contributed by atoms with E-state index in [1.807, 2.05) is 6.92 Å². The number of rotatable bonds is 2. The summed E-state index contributed by atoms with van der Waals surface area (Å²) in [7, 11) is 0. The number of hydrogen-bond donors (Lipinski definition) is 0. The lowest BCUT2D eigenvalue weighted by Crippen LogP contribution is -2.27. The largest absolute Gasteiger partial charge is 0.424 e. The molecule has 0 unspecified atom stereocenters. The van der Waals surface area contributed by atoms with E-state index in [1.54, 1.807) is 13.8 Å². The summed E-state index contributed by atoms with van der Waals surface area (Å²) in [6.45, 7) is 5.55. The molecule has 0 amide bonds. The third-order valence-electron chi connectivity index (χ3n) is 2.40. The summed E-state index contributed by atoms with van der Waals surface area (Å²) < 4.78 is 7.55. The molecule has 6 nitrogen and oxygen atoms in total. The summed E-state index contributed by atoms with van der Waals surface area (Å²) in [6, 6.07) is 0. The average Bonchev–Trinajstić information content (AvgIpc) is 2.67. The van der Waals surface area contributed by atoms with E-state index in [2.05, 4.69) is 31.1 Å². The van der Waals surface area contributed by atoms with Crippen LogP contribution in [0, 0.1) is 20.8 Å². The molecule has 2 aromatic rings. The van der Waals surface area contributed by atoms with Gasteiger partial charge < -0.3 is 4.42 Å². The van der Waals surface area contributed by atoms with Crippen LogP contribution in [0.15, 0.2) is 13.7 Å². The second kappa shape index (κ2) is 4.40. The van der Waals surface area contributed by atoms with Gasteiger partial charge in [0.25, 0.3) is 0 Å². The zero-order chi connectivity index (χ0) is 12.6. The van der Waals surface area contributed by atoms with Crippen LogP contribution in [0.4, 0.5) is 0 Å². The Balaban J connectivity index is 2.46. The van der Waals surface area contributed by atoms with Gasteiger partial charge in [-0.2, -0.15) is 4.98 Å². The molecule has 17 heavy (non-hydrogen) atoms. The summed E-state index contributed by atoms with van der Waals surface area (Å²) in [5.74, 6) is 0.870. The third kappa shape index (κ3) is 2.28. The van der Waals surface area contributed by atoms with Gasteiger partial charge in [0.1, 0.15) is 6.54 Å². The molecule has 0 radical (unpaired) electrons. The molecule has 2 rings (SSSR count). The highest BCUT2D eigenvalue weighted by molar-refractivity contribution is 9.10. The van der Waals surface area contributed by atoms with Crippen molar-refractivity contribution in [2.45, 2.75) is 27.3 Å². The van der Waals surface area contributed by atoms with Crippen molar-refractivity contribution in [3.8, 4) is 0 Å². The molecule has 0 saturated heterocycles. The Morgan fingerprint density at radius 2 is 2.00 bits per heavy atom. The lowest BCUT2D eigenvalue weighted by atomic mass is 10.3. The Hall–Kier alpha value is -1.50.